The monoisotopic (exact) mass is 270 g/mol. The van der Waals surface area contributed by atoms with Crippen LogP contribution in [0.1, 0.15) is 59.7 Å². The Kier molecular flexibility index (Phi) is 5.77. The number of nitrogens with two attached hydrogens (primary N) is 1. The highest BCUT2D eigenvalue weighted by Gasteiger charge is 2.23. The predicted molar refractivity (Wildman–Crippen MR) is 71.0 cm³/mol. The van der Waals surface area contributed by atoms with Gasteiger partial charge in [0.2, 0.25) is 0 Å². The SMILES string of the molecule is CCCCCC(=O)c1sc(N)nc1C(=O)OCC. The number of Topliss-reactive ketones (excluding diaryl/α,β-unsaturated/α-hetero) is 1. The Balaban J connectivity index is 2.81. The minimum Gasteiger partial charge on any atom is -0.461 e. The molecule has 0 amide bonds. The van der Waals surface area contributed by atoms with Crippen LogP contribution in [0.3, 0.4) is 0 Å². The lowest BCUT2D eigenvalue weighted by atomic mass is 10.1. The molecule has 0 aliphatic carbocycles. The molecule has 0 fully saturated rings. The summed E-state index contributed by atoms with van der Waals surface area (Å²) in [5, 5.41) is 0.219. The van der Waals surface area contributed by atoms with Crippen molar-refractivity contribution in [2.75, 3.05) is 12.3 Å². The molecule has 0 atom stereocenters. The van der Waals surface area contributed by atoms with E-state index < -0.39 is 5.97 Å². The van der Waals surface area contributed by atoms with Crippen LogP contribution in [0.4, 0.5) is 5.13 Å². The van der Waals surface area contributed by atoms with Crippen LogP contribution in [0.15, 0.2) is 0 Å². The van der Waals surface area contributed by atoms with Gasteiger partial charge in [0.25, 0.3) is 0 Å². The maximum absolute atomic E-state index is 12.0. The summed E-state index contributed by atoms with van der Waals surface area (Å²) in [6, 6.07) is 0. The molecule has 1 rings (SSSR count). The van der Waals surface area contributed by atoms with Crippen molar-refractivity contribution in [2.45, 2.75) is 39.5 Å². The lowest BCUT2D eigenvalue weighted by molar-refractivity contribution is 0.0517. The topological polar surface area (TPSA) is 82.3 Å². The van der Waals surface area contributed by atoms with Crippen molar-refractivity contribution >= 4 is 28.2 Å². The van der Waals surface area contributed by atoms with Gasteiger partial charge >= 0.3 is 5.97 Å². The lowest BCUT2D eigenvalue weighted by Gasteiger charge is -2.01. The number of carbonyl (C=O) groups is 2. The zero-order chi connectivity index (χ0) is 13.5. The van der Waals surface area contributed by atoms with Crippen molar-refractivity contribution in [1.82, 2.24) is 4.98 Å². The number of ketones is 1. The molecule has 0 unspecified atom stereocenters. The fraction of sp³-hybridized carbons (Fsp3) is 0.583. The van der Waals surface area contributed by atoms with Crippen LogP contribution in [0.25, 0.3) is 0 Å². The minimum atomic E-state index is -0.579. The largest absolute Gasteiger partial charge is 0.461 e. The number of esters is 1. The zero-order valence-corrected chi connectivity index (χ0v) is 11.5. The van der Waals surface area contributed by atoms with Crippen molar-refractivity contribution in [3.8, 4) is 0 Å². The van der Waals surface area contributed by atoms with E-state index in [1.165, 1.54) is 0 Å². The molecule has 5 nitrogen and oxygen atoms in total. The van der Waals surface area contributed by atoms with Crippen LogP contribution in [0, 0.1) is 0 Å². The molecule has 0 saturated heterocycles. The third kappa shape index (κ3) is 3.80. The minimum absolute atomic E-state index is 0.0563. The van der Waals surface area contributed by atoms with Gasteiger partial charge in [-0.1, -0.05) is 31.1 Å². The molecule has 0 aliphatic rings. The van der Waals surface area contributed by atoms with E-state index in [-0.39, 0.29) is 23.2 Å². The van der Waals surface area contributed by atoms with E-state index >= 15 is 0 Å². The molecule has 1 heterocycles. The maximum atomic E-state index is 12.0. The first kappa shape index (κ1) is 14.6. The number of aromatic nitrogens is 1. The van der Waals surface area contributed by atoms with Gasteiger partial charge < -0.3 is 10.5 Å². The van der Waals surface area contributed by atoms with Crippen LogP contribution >= 0.6 is 11.3 Å². The summed E-state index contributed by atoms with van der Waals surface area (Å²) in [6.07, 6.45) is 3.27. The Morgan fingerprint density at radius 3 is 2.67 bits per heavy atom. The first-order valence-electron chi connectivity index (χ1n) is 6.06. The van der Waals surface area contributed by atoms with E-state index in [4.69, 9.17) is 10.5 Å². The summed E-state index contributed by atoms with van der Waals surface area (Å²) in [5.74, 6) is -0.662. The van der Waals surface area contributed by atoms with Crippen LogP contribution in [-0.2, 0) is 4.74 Å². The molecule has 6 heteroatoms. The second-order valence-electron chi connectivity index (χ2n) is 3.83. The summed E-state index contributed by atoms with van der Waals surface area (Å²) in [7, 11) is 0. The lowest BCUT2D eigenvalue weighted by Crippen LogP contribution is -2.10. The van der Waals surface area contributed by atoms with Gasteiger partial charge in [0.1, 0.15) is 4.88 Å². The smallest absolute Gasteiger partial charge is 0.358 e. The van der Waals surface area contributed by atoms with E-state index in [0.29, 0.717) is 11.3 Å². The average Bonchev–Trinajstić information content (AvgIpc) is 2.72. The Morgan fingerprint density at radius 2 is 2.06 bits per heavy atom. The molecular formula is C12H18N2O3S. The quantitative estimate of drug-likeness (QED) is 0.468. The molecule has 0 saturated carbocycles. The summed E-state index contributed by atoms with van der Waals surface area (Å²) < 4.78 is 4.86. The van der Waals surface area contributed by atoms with Gasteiger partial charge in [-0.25, -0.2) is 9.78 Å². The number of rotatable bonds is 7. The van der Waals surface area contributed by atoms with Gasteiger partial charge in [0, 0.05) is 6.42 Å². The second-order valence-corrected chi connectivity index (χ2v) is 4.86. The molecular weight excluding hydrogens is 252 g/mol. The second kappa shape index (κ2) is 7.10. The van der Waals surface area contributed by atoms with Crippen LogP contribution in [-0.4, -0.2) is 23.3 Å². The van der Waals surface area contributed by atoms with Gasteiger partial charge in [-0.05, 0) is 13.3 Å². The van der Waals surface area contributed by atoms with Crippen molar-refractivity contribution in [3.05, 3.63) is 10.6 Å². The molecule has 0 bridgehead atoms. The first-order chi connectivity index (χ1) is 8.60. The summed E-state index contributed by atoms with van der Waals surface area (Å²) in [5.41, 5.74) is 5.61. The third-order valence-electron chi connectivity index (χ3n) is 2.37. The van der Waals surface area contributed by atoms with Gasteiger partial charge in [-0.2, -0.15) is 0 Å². The Hall–Kier alpha value is -1.43. The highest BCUT2D eigenvalue weighted by Crippen LogP contribution is 2.23. The van der Waals surface area contributed by atoms with E-state index in [1.807, 2.05) is 0 Å². The number of hydrogen-bond donors (Lipinski definition) is 1. The molecule has 0 spiro atoms. The number of thiazole rings is 1. The number of anilines is 1. The molecule has 0 aromatic carbocycles. The molecule has 100 valence electrons. The summed E-state index contributed by atoms with van der Waals surface area (Å²) >= 11 is 1.05. The van der Waals surface area contributed by atoms with Crippen molar-refractivity contribution < 1.29 is 14.3 Å². The fourth-order valence-electron chi connectivity index (χ4n) is 1.51. The molecule has 1 aromatic heterocycles. The standard InChI is InChI=1S/C12H18N2O3S/c1-3-5-6-7-8(15)10-9(11(16)17-4-2)14-12(13)18-10/h3-7H2,1-2H3,(H2,13,14). The number of ether oxygens (including phenoxy) is 1. The fourth-order valence-corrected chi connectivity index (χ4v) is 2.30. The Bertz CT molecular complexity index is 429. The highest BCUT2D eigenvalue weighted by atomic mass is 32.1. The average molecular weight is 270 g/mol. The van der Waals surface area contributed by atoms with E-state index in [1.54, 1.807) is 6.92 Å². The number of carbonyl (C=O) groups excluding carboxylic acids is 2. The number of unbranched alkanes of at least 4 members (excludes halogenated alkanes) is 2. The summed E-state index contributed by atoms with van der Waals surface area (Å²) in [6.45, 7) is 4.02. The van der Waals surface area contributed by atoms with Crippen molar-refractivity contribution in [2.24, 2.45) is 0 Å². The van der Waals surface area contributed by atoms with Crippen molar-refractivity contribution in [1.29, 1.82) is 0 Å². The van der Waals surface area contributed by atoms with Crippen molar-refractivity contribution in [3.63, 3.8) is 0 Å². The molecule has 0 radical (unpaired) electrons. The van der Waals surface area contributed by atoms with E-state index in [0.717, 1.165) is 30.6 Å². The number of nitrogen functional groups attached to an aromatic ring is 1. The van der Waals surface area contributed by atoms with Gasteiger partial charge in [0.05, 0.1) is 6.61 Å². The van der Waals surface area contributed by atoms with Gasteiger partial charge in [-0.15, -0.1) is 0 Å². The third-order valence-corrected chi connectivity index (χ3v) is 3.30. The predicted octanol–water partition coefficient (Wildman–Crippen LogP) is 2.67. The molecule has 0 aliphatic heterocycles. The summed E-state index contributed by atoms with van der Waals surface area (Å²) in [4.78, 5) is 27.8. The van der Waals surface area contributed by atoms with Gasteiger partial charge in [-0.3, -0.25) is 4.79 Å². The number of hydrogen-bond acceptors (Lipinski definition) is 6. The molecule has 18 heavy (non-hydrogen) atoms. The molecule has 2 N–H and O–H groups in total. The molecule has 1 aromatic rings. The Labute approximate surface area is 110 Å². The van der Waals surface area contributed by atoms with Gasteiger partial charge in [0.15, 0.2) is 16.6 Å². The highest BCUT2D eigenvalue weighted by molar-refractivity contribution is 7.17. The Morgan fingerprint density at radius 1 is 1.33 bits per heavy atom. The normalized spacial score (nSPS) is 10.3. The van der Waals surface area contributed by atoms with Crippen LogP contribution in [0.2, 0.25) is 0 Å². The number of nitrogens with zero attached hydrogens (tertiary/aromatic N) is 1. The first-order valence-corrected chi connectivity index (χ1v) is 6.88. The van der Waals surface area contributed by atoms with Crippen LogP contribution in [0.5, 0.6) is 0 Å². The zero-order valence-electron chi connectivity index (χ0n) is 10.7. The van der Waals surface area contributed by atoms with E-state index in [9.17, 15) is 9.59 Å². The van der Waals surface area contributed by atoms with E-state index in [2.05, 4.69) is 11.9 Å². The maximum Gasteiger partial charge on any atom is 0.358 e. The van der Waals surface area contributed by atoms with Crippen LogP contribution < -0.4 is 5.73 Å².